The van der Waals surface area contributed by atoms with Crippen LogP contribution in [-0.4, -0.2) is 15.5 Å². The molecule has 2 heterocycles. The van der Waals surface area contributed by atoms with Crippen molar-refractivity contribution >= 4 is 27.7 Å². The lowest BCUT2D eigenvalue weighted by Crippen LogP contribution is -2.18. The van der Waals surface area contributed by atoms with Crippen LogP contribution in [0.5, 0.6) is 0 Å². The van der Waals surface area contributed by atoms with E-state index in [1.54, 1.807) is 42.6 Å². The van der Waals surface area contributed by atoms with Gasteiger partial charge in [0.05, 0.1) is 16.6 Å². The molecule has 0 saturated carbocycles. The molecule has 0 bridgehead atoms. The van der Waals surface area contributed by atoms with Gasteiger partial charge in [0.1, 0.15) is 0 Å². The van der Waals surface area contributed by atoms with E-state index in [1.165, 1.54) is 22.8 Å². The van der Waals surface area contributed by atoms with Gasteiger partial charge in [-0.25, -0.2) is 0 Å². The van der Waals surface area contributed by atoms with Crippen molar-refractivity contribution in [3.8, 4) is 16.8 Å². The molecule has 1 amide bonds. The SMILES string of the molecule is NC(=O)c1cccc(-c2ccc3ncc4ccc(=O)n(-c5cccc(C(F)(F)F)c5)c4c3c2)c1. The lowest BCUT2D eigenvalue weighted by molar-refractivity contribution is -0.137. The molecule has 0 atom stereocenters. The predicted molar refractivity (Wildman–Crippen MR) is 124 cm³/mol. The highest BCUT2D eigenvalue weighted by atomic mass is 19.4. The molecule has 2 aromatic heterocycles. The first-order valence-corrected chi connectivity index (χ1v) is 10.2. The Morgan fingerprint density at radius 3 is 2.41 bits per heavy atom. The average Bonchev–Trinajstić information content (AvgIpc) is 2.83. The Balaban J connectivity index is 1.82. The van der Waals surface area contributed by atoms with E-state index < -0.39 is 23.2 Å². The molecule has 8 heteroatoms. The predicted octanol–water partition coefficient (Wildman–Crippen LogP) is 5.32. The molecule has 0 spiro atoms. The van der Waals surface area contributed by atoms with Crippen molar-refractivity contribution in [1.82, 2.24) is 9.55 Å². The van der Waals surface area contributed by atoms with E-state index in [0.29, 0.717) is 27.4 Å². The van der Waals surface area contributed by atoms with E-state index in [0.717, 1.165) is 23.3 Å². The van der Waals surface area contributed by atoms with Crippen LogP contribution >= 0.6 is 0 Å². The summed E-state index contributed by atoms with van der Waals surface area (Å²) in [5.74, 6) is -0.562. The van der Waals surface area contributed by atoms with Crippen LogP contribution < -0.4 is 11.3 Å². The maximum absolute atomic E-state index is 13.4. The molecule has 0 radical (unpaired) electrons. The number of aromatic nitrogens is 2. The van der Waals surface area contributed by atoms with Crippen molar-refractivity contribution in [2.75, 3.05) is 0 Å². The number of nitrogens with zero attached hydrogens (tertiary/aromatic N) is 2. The number of fused-ring (bicyclic) bond motifs is 3. The van der Waals surface area contributed by atoms with Gasteiger partial charge < -0.3 is 5.73 Å². The Labute approximate surface area is 190 Å². The summed E-state index contributed by atoms with van der Waals surface area (Å²) in [6, 6.07) is 19.7. The topological polar surface area (TPSA) is 78.0 Å². The van der Waals surface area contributed by atoms with Gasteiger partial charge in [-0.15, -0.1) is 0 Å². The smallest absolute Gasteiger partial charge is 0.366 e. The van der Waals surface area contributed by atoms with Crippen molar-refractivity contribution in [3.63, 3.8) is 0 Å². The Morgan fingerprint density at radius 2 is 1.65 bits per heavy atom. The normalized spacial score (nSPS) is 11.7. The van der Waals surface area contributed by atoms with E-state index in [1.807, 2.05) is 12.1 Å². The Bertz CT molecular complexity index is 1660. The maximum atomic E-state index is 13.4. The summed E-state index contributed by atoms with van der Waals surface area (Å²) in [5.41, 5.74) is 6.97. The zero-order valence-corrected chi connectivity index (χ0v) is 17.5. The number of hydrogen-bond acceptors (Lipinski definition) is 3. The highest BCUT2D eigenvalue weighted by Crippen LogP contribution is 2.33. The van der Waals surface area contributed by atoms with Gasteiger partial charge in [-0.05, 0) is 59.7 Å². The second-order valence-corrected chi connectivity index (χ2v) is 7.79. The van der Waals surface area contributed by atoms with Crippen LogP contribution in [0.25, 0.3) is 38.6 Å². The molecule has 168 valence electrons. The third kappa shape index (κ3) is 3.69. The molecule has 0 unspecified atom stereocenters. The number of halogens is 3. The van der Waals surface area contributed by atoms with Crippen LogP contribution in [0.1, 0.15) is 15.9 Å². The molecule has 0 aliphatic carbocycles. The monoisotopic (exact) mass is 459 g/mol. The quantitative estimate of drug-likeness (QED) is 0.371. The minimum atomic E-state index is -4.55. The summed E-state index contributed by atoms with van der Waals surface area (Å²) in [4.78, 5) is 29.0. The molecule has 3 aromatic carbocycles. The van der Waals surface area contributed by atoms with Crippen molar-refractivity contribution < 1.29 is 18.0 Å². The summed E-state index contributed by atoms with van der Waals surface area (Å²) in [6.07, 6.45) is -2.97. The molecule has 0 aliphatic rings. The summed E-state index contributed by atoms with van der Waals surface area (Å²) in [5, 5.41) is 1.17. The van der Waals surface area contributed by atoms with Crippen molar-refractivity contribution in [2.24, 2.45) is 5.73 Å². The van der Waals surface area contributed by atoms with Gasteiger partial charge in [0, 0.05) is 34.3 Å². The van der Waals surface area contributed by atoms with Crippen LogP contribution in [0.15, 0.2) is 89.9 Å². The number of alkyl halides is 3. The van der Waals surface area contributed by atoms with Gasteiger partial charge in [0.2, 0.25) is 5.91 Å². The number of pyridine rings is 2. The van der Waals surface area contributed by atoms with Crippen LogP contribution in [0.4, 0.5) is 13.2 Å². The number of primary amides is 1. The van der Waals surface area contributed by atoms with Gasteiger partial charge in [-0.3, -0.25) is 19.1 Å². The number of carbonyl (C=O) groups excluding carboxylic acids is 1. The minimum Gasteiger partial charge on any atom is -0.366 e. The standard InChI is InChI=1S/C26H16F3N3O2/c27-26(28,29)19-5-2-6-20(13-19)32-23(33)10-8-18-14-31-22-9-7-16(12-21(22)24(18)32)15-3-1-4-17(11-15)25(30)34/h1-14H,(H2,30,34). The Hall–Kier alpha value is -4.46. The van der Waals surface area contributed by atoms with E-state index >= 15 is 0 Å². The first-order valence-electron chi connectivity index (χ1n) is 10.2. The van der Waals surface area contributed by atoms with E-state index in [4.69, 9.17) is 5.73 Å². The molecule has 0 aliphatic heterocycles. The molecule has 34 heavy (non-hydrogen) atoms. The van der Waals surface area contributed by atoms with E-state index in [-0.39, 0.29) is 5.69 Å². The summed E-state index contributed by atoms with van der Waals surface area (Å²) in [6.45, 7) is 0. The van der Waals surface area contributed by atoms with Crippen LogP contribution in [0.3, 0.4) is 0 Å². The van der Waals surface area contributed by atoms with Crippen molar-refractivity contribution in [3.05, 3.63) is 107 Å². The van der Waals surface area contributed by atoms with Gasteiger partial charge in [0.15, 0.2) is 0 Å². The van der Waals surface area contributed by atoms with E-state index in [2.05, 4.69) is 4.98 Å². The number of rotatable bonds is 3. The zero-order chi connectivity index (χ0) is 24.0. The Kier molecular flexibility index (Phi) is 4.93. The summed E-state index contributed by atoms with van der Waals surface area (Å²) < 4.78 is 41.3. The fourth-order valence-electron chi connectivity index (χ4n) is 4.02. The van der Waals surface area contributed by atoms with Crippen LogP contribution in [0, 0.1) is 0 Å². The Morgan fingerprint density at radius 1 is 0.882 bits per heavy atom. The second-order valence-electron chi connectivity index (χ2n) is 7.79. The van der Waals surface area contributed by atoms with Crippen LogP contribution in [0.2, 0.25) is 0 Å². The number of carbonyl (C=O) groups is 1. The molecule has 5 nitrogen and oxygen atoms in total. The van der Waals surface area contributed by atoms with Gasteiger partial charge >= 0.3 is 6.18 Å². The number of nitrogens with two attached hydrogens (primary N) is 1. The summed E-state index contributed by atoms with van der Waals surface area (Å²) in [7, 11) is 0. The third-order valence-electron chi connectivity index (χ3n) is 5.63. The highest BCUT2D eigenvalue weighted by Gasteiger charge is 2.30. The van der Waals surface area contributed by atoms with Crippen LogP contribution in [-0.2, 0) is 6.18 Å². The van der Waals surface area contributed by atoms with Gasteiger partial charge in [-0.1, -0.05) is 24.3 Å². The molecule has 0 saturated heterocycles. The highest BCUT2D eigenvalue weighted by molar-refractivity contribution is 6.05. The minimum absolute atomic E-state index is 0.0963. The second kappa shape index (κ2) is 7.84. The first-order chi connectivity index (χ1) is 16.2. The van der Waals surface area contributed by atoms with Gasteiger partial charge in [-0.2, -0.15) is 13.2 Å². The third-order valence-corrected chi connectivity index (χ3v) is 5.63. The lowest BCUT2D eigenvalue weighted by Gasteiger charge is -2.15. The number of hydrogen-bond donors (Lipinski definition) is 1. The molecule has 5 aromatic rings. The molecular formula is C26H16F3N3O2. The fourth-order valence-corrected chi connectivity index (χ4v) is 4.02. The lowest BCUT2D eigenvalue weighted by atomic mass is 10.00. The molecule has 0 fully saturated rings. The van der Waals surface area contributed by atoms with Crippen molar-refractivity contribution in [2.45, 2.75) is 6.18 Å². The van der Waals surface area contributed by atoms with E-state index in [9.17, 15) is 22.8 Å². The molecular weight excluding hydrogens is 443 g/mol. The fraction of sp³-hybridized carbons (Fsp3) is 0.0385. The number of amides is 1. The zero-order valence-electron chi connectivity index (χ0n) is 17.5. The largest absolute Gasteiger partial charge is 0.416 e. The molecule has 2 N–H and O–H groups in total. The molecule has 5 rings (SSSR count). The summed E-state index contributed by atoms with van der Waals surface area (Å²) >= 11 is 0. The van der Waals surface area contributed by atoms with Gasteiger partial charge in [0.25, 0.3) is 5.56 Å². The maximum Gasteiger partial charge on any atom is 0.416 e. The average molecular weight is 459 g/mol. The number of benzene rings is 3. The first kappa shape index (κ1) is 21.4. The van der Waals surface area contributed by atoms with Crippen molar-refractivity contribution in [1.29, 1.82) is 0 Å².